The Bertz CT molecular complexity index is 698. The number of hydrogen-bond donors (Lipinski definition) is 1. The first-order chi connectivity index (χ1) is 11.3. The van der Waals surface area contributed by atoms with E-state index in [0.717, 1.165) is 31.5 Å². The molecule has 120 valence electrons. The molecule has 7 nitrogen and oxygen atoms in total. The number of hydrogen-bond acceptors (Lipinski definition) is 5. The highest BCUT2D eigenvalue weighted by atomic mass is 16.3. The predicted molar refractivity (Wildman–Crippen MR) is 81.5 cm³/mol. The monoisotopic (exact) mass is 313 g/mol. The zero-order valence-corrected chi connectivity index (χ0v) is 12.7. The van der Waals surface area contributed by atoms with Crippen LogP contribution in [-0.4, -0.2) is 48.8 Å². The van der Waals surface area contributed by atoms with Gasteiger partial charge >= 0.3 is 0 Å². The first-order valence-corrected chi connectivity index (χ1v) is 8.06. The average molecular weight is 313 g/mol. The van der Waals surface area contributed by atoms with Gasteiger partial charge in [-0.2, -0.15) is 0 Å². The second-order valence-electron chi connectivity index (χ2n) is 6.22. The zero-order chi connectivity index (χ0) is 15.8. The number of carbonyl (C=O) groups is 1. The number of tetrazole rings is 1. The van der Waals surface area contributed by atoms with Crippen molar-refractivity contribution in [1.82, 2.24) is 25.1 Å². The Labute approximate surface area is 133 Å². The van der Waals surface area contributed by atoms with Crippen molar-refractivity contribution in [2.45, 2.75) is 43.8 Å². The van der Waals surface area contributed by atoms with E-state index in [1.165, 1.54) is 0 Å². The molecule has 0 unspecified atom stereocenters. The number of nitrogens with zero attached hydrogens (tertiary/aromatic N) is 5. The summed E-state index contributed by atoms with van der Waals surface area (Å²) < 4.78 is 1.86. The molecule has 1 aliphatic heterocycles. The smallest absolute Gasteiger partial charge is 0.254 e. The van der Waals surface area contributed by atoms with Crippen LogP contribution >= 0.6 is 0 Å². The van der Waals surface area contributed by atoms with Gasteiger partial charge in [-0.05, 0) is 48.2 Å². The quantitative estimate of drug-likeness (QED) is 0.921. The number of aromatic nitrogens is 4. The van der Waals surface area contributed by atoms with Crippen molar-refractivity contribution in [3.8, 4) is 0 Å². The van der Waals surface area contributed by atoms with E-state index in [-0.39, 0.29) is 24.6 Å². The Kier molecular flexibility index (Phi) is 3.57. The molecule has 1 aliphatic carbocycles. The van der Waals surface area contributed by atoms with Crippen molar-refractivity contribution >= 4 is 5.91 Å². The highest BCUT2D eigenvalue weighted by molar-refractivity contribution is 5.94. The predicted octanol–water partition coefficient (Wildman–Crippen LogP) is 1.35. The Morgan fingerprint density at radius 3 is 2.65 bits per heavy atom. The molecule has 1 saturated heterocycles. The molecular formula is C16H19N5O2. The summed E-state index contributed by atoms with van der Waals surface area (Å²) in [5.74, 6) is 0.672. The number of aliphatic hydroxyl groups is 1. The standard InChI is InChI=1S/C16H19N5O2/c22-10-13-8-9-14(15-17-18-19-21(15)12-6-7-12)20(13)16(23)11-4-2-1-3-5-11/h1-5,12-14,22H,6-10H2/t13-,14-/m0/s1. The first-order valence-electron chi connectivity index (χ1n) is 8.06. The molecule has 1 N–H and O–H groups in total. The lowest BCUT2D eigenvalue weighted by Crippen LogP contribution is -2.40. The van der Waals surface area contributed by atoms with E-state index in [2.05, 4.69) is 15.5 Å². The summed E-state index contributed by atoms with van der Waals surface area (Å²) in [7, 11) is 0. The van der Waals surface area contributed by atoms with Gasteiger partial charge in [-0.25, -0.2) is 4.68 Å². The number of aliphatic hydroxyl groups excluding tert-OH is 1. The minimum atomic E-state index is -0.183. The molecule has 2 aliphatic rings. The molecule has 4 rings (SSSR count). The fourth-order valence-electron chi connectivity index (χ4n) is 3.35. The summed E-state index contributed by atoms with van der Waals surface area (Å²) in [5, 5.41) is 21.8. The number of rotatable bonds is 4. The van der Waals surface area contributed by atoms with Gasteiger partial charge in [-0.15, -0.1) is 5.10 Å². The van der Waals surface area contributed by atoms with Gasteiger partial charge in [0.25, 0.3) is 5.91 Å². The van der Waals surface area contributed by atoms with Gasteiger partial charge < -0.3 is 10.0 Å². The number of amides is 1. The van der Waals surface area contributed by atoms with Gasteiger partial charge in [-0.1, -0.05) is 18.2 Å². The van der Waals surface area contributed by atoms with Crippen molar-refractivity contribution in [2.24, 2.45) is 0 Å². The topological polar surface area (TPSA) is 84.1 Å². The van der Waals surface area contributed by atoms with Crippen molar-refractivity contribution in [3.05, 3.63) is 41.7 Å². The van der Waals surface area contributed by atoms with Crippen LogP contribution in [0.25, 0.3) is 0 Å². The summed E-state index contributed by atoms with van der Waals surface area (Å²) >= 11 is 0. The number of benzene rings is 1. The SMILES string of the molecule is O=C(c1ccccc1)N1[C@H](CO)CC[C@H]1c1nnnn1C1CC1. The Hall–Kier alpha value is -2.28. The molecule has 0 spiro atoms. The fraction of sp³-hybridized carbons (Fsp3) is 0.500. The lowest BCUT2D eigenvalue weighted by Gasteiger charge is -2.29. The van der Waals surface area contributed by atoms with E-state index in [1.807, 2.05) is 22.9 Å². The summed E-state index contributed by atoms with van der Waals surface area (Å²) in [6.07, 6.45) is 3.70. The lowest BCUT2D eigenvalue weighted by atomic mass is 10.1. The number of likely N-dealkylation sites (tertiary alicyclic amines) is 1. The van der Waals surface area contributed by atoms with E-state index < -0.39 is 0 Å². The first kappa shape index (κ1) is 14.3. The maximum Gasteiger partial charge on any atom is 0.254 e. The van der Waals surface area contributed by atoms with Gasteiger partial charge in [-0.3, -0.25) is 4.79 Å². The van der Waals surface area contributed by atoms with Crippen LogP contribution in [0, 0.1) is 0 Å². The van der Waals surface area contributed by atoms with Crippen LogP contribution in [0.3, 0.4) is 0 Å². The summed E-state index contributed by atoms with van der Waals surface area (Å²) in [6, 6.07) is 9.19. The molecule has 2 aromatic rings. The molecule has 1 amide bonds. The van der Waals surface area contributed by atoms with E-state index in [1.54, 1.807) is 17.0 Å². The lowest BCUT2D eigenvalue weighted by molar-refractivity contribution is 0.0582. The maximum absolute atomic E-state index is 13.0. The van der Waals surface area contributed by atoms with E-state index in [0.29, 0.717) is 11.6 Å². The molecule has 0 bridgehead atoms. The summed E-state index contributed by atoms with van der Waals surface area (Å²) in [4.78, 5) is 14.7. The highest BCUT2D eigenvalue weighted by Gasteiger charge is 2.42. The average Bonchev–Trinajstić information content (AvgIpc) is 3.17. The fourth-order valence-corrected chi connectivity index (χ4v) is 3.35. The molecule has 2 fully saturated rings. The van der Waals surface area contributed by atoms with Gasteiger partial charge in [0, 0.05) is 5.56 Å². The third-order valence-corrected chi connectivity index (χ3v) is 4.68. The van der Waals surface area contributed by atoms with Crippen LogP contribution in [0.1, 0.15) is 53.9 Å². The zero-order valence-electron chi connectivity index (χ0n) is 12.7. The van der Waals surface area contributed by atoms with Gasteiger partial charge in [0.05, 0.1) is 24.7 Å². The van der Waals surface area contributed by atoms with E-state index >= 15 is 0 Å². The normalized spacial score (nSPS) is 24.1. The molecule has 2 heterocycles. The van der Waals surface area contributed by atoms with Crippen molar-refractivity contribution in [1.29, 1.82) is 0 Å². The maximum atomic E-state index is 13.0. The number of carbonyl (C=O) groups excluding carboxylic acids is 1. The van der Waals surface area contributed by atoms with Gasteiger partial charge in [0.1, 0.15) is 0 Å². The van der Waals surface area contributed by atoms with Crippen LogP contribution in [0.5, 0.6) is 0 Å². The second kappa shape index (κ2) is 5.73. The molecule has 2 atom stereocenters. The minimum Gasteiger partial charge on any atom is -0.394 e. The third-order valence-electron chi connectivity index (χ3n) is 4.68. The third kappa shape index (κ3) is 2.50. The van der Waals surface area contributed by atoms with Crippen LogP contribution in [0.4, 0.5) is 0 Å². The Balaban J connectivity index is 1.68. The van der Waals surface area contributed by atoms with Crippen molar-refractivity contribution < 1.29 is 9.90 Å². The molecule has 1 aromatic heterocycles. The minimum absolute atomic E-state index is 0.0416. The highest BCUT2D eigenvalue weighted by Crippen LogP contribution is 2.40. The molecule has 23 heavy (non-hydrogen) atoms. The molecule has 7 heteroatoms. The van der Waals surface area contributed by atoms with Crippen LogP contribution in [0.15, 0.2) is 30.3 Å². The van der Waals surface area contributed by atoms with E-state index in [4.69, 9.17) is 0 Å². The molecular weight excluding hydrogens is 294 g/mol. The van der Waals surface area contributed by atoms with Crippen molar-refractivity contribution in [2.75, 3.05) is 6.61 Å². The van der Waals surface area contributed by atoms with Crippen molar-refractivity contribution in [3.63, 3.8) is 0 Å². The Morgan fingerprint density at radius 2 is 1.96 bits per heavy atom. The van der Waals surface area contributed by atoms with Crippen LogP contribution < -0.4 is 0 Å². The van der Waals surface area contributed by atoms with E-state index in [9.17, 15) is 9.90 Å². The second-order valence-corrected chi connectivity index (χ2v) is 6.22. The molecule has 1 aromatic carbocycles. The van der Waals surface area contributed by atoms with Gasteiger partial charge in [0.2, 0.25) is 0 Å². The van der Waals surface area contributed by atoms with Crippen LogP contribution in [0.2, 0.25) is 0 Å². The summed E-state index contributed by atoms with van der Waals surface area (Å²) in [6.45, 7) is -0.0416. The van der Waals surface area contributed by atoms with Crippen LogP contribution in [-0.2, 0) is 0 Å². The van der Waals surface area contributed by atoms with Gasteiger partial charge in [0.15, 0.2) is 5.82 Å². The largest absolute Gasteiger partial charge is 0.394 e. The summed E-state index contributed by atoms with van der Waals surface area (Å²) in [5.41, 5.74) is 0.628. The Morgan fingerprint density at radius 1 is 1.17 bits per heavy atom. The molecule has 0 radical (unpaired) electrons. The molecule has 1 saturated carbocycles.